The molecule has 0 spiro atoms. The lowest BCUT2D eigenvalue weighted by molar-refractivity contribution is -0.384. The molecule has 26 heavy (non-hydrogen) atoms. The minimum absolute atomic E-state index is 0.0465. The van der Waals surface area contributed by atoms with Crippen LogP contribution in [-0.2, 0) is 4.74 Å². The van der Waals surface area contributed by atoms with E-state index in [0.29, 0.717) is 25.0 Å². The van der Waals surface area contributed by atoms with Crippen LogP contribution in [-0.4, -0.2) is 39.6 Å². The Balaban J connectivity index is 1.79. The average Bonchev–Trinajstić information content (AvgIpc) is 2.59. The Labute approximate surface area is 151 Å². The van der Waals surface area contributed by atoms with E-state index in [9.17, 15) is 14.9 Å². The van der Waals surface area contributed by atoms with Gasteiger partial charge in [-0.2, -0.15) is 0 Å². The number of amides is 1. The van der Waals surface area contributed by atoms with Gasteiger partial charge < -0.3 is 9.64 Å². The Morgan fingerprint density at radius 1 is 1.31 bits per heavy atom. The standard InChI is InChI=1S/C19H21N3O4/c1-19(2,3)26-18(23)21-8-6-13(7-9-21)15-10-14-11-16(22(24)25)4-5-17(14)20-12-15/h4-6,10-12H,7-9H2,1-3H3. The number of aromatic nitrogens is 1. The van der Waals surface area contributed by atoms with Gasteiger partial charge >= 0.3 is 6.09 Å². The van der Waals surface area contributed by atoms with Crippen molar-refractivity contribution in [3.8, 4) is 0 Å². The second-order valence-electron chi connectivity index (χ2n) is 7.26. The van der Waals surface area contributed by atoms with Crippen molar-refractivity contribution >= 4 is 28.3 Å². The normalized spacial score (nSPS) is 14.9. The van der Waals surface area contributed by atoms with Gasteiger partial charge in [-0.1, -0.05) is 6.08 Å². The van der Waals surface area contributed by atoms with Crippen LogP contribution in [0.5, 0.6) is 0 Å². The minimum Gasteiger partial charge on any atom is -0.444 e. The molecule has 7 nitrogen and oxygen atoms in total. The molecule has 1 aliphatic rings. The first-order valence-corrected chi connectivity index (χ1v) is 8.44. The van der Waals surface area contributed by atoms with Gasteiger partial charge in [0.2, 0.25) is 0 Å². The maximum Gasteiger partial charge on any atom is 0.410 e. The molecule has 0 saturated heterocycles. The predicted octanol–water partition coefficient (Wildman–Crippen LogP) is 4.17. The quantitative estimate of drug-likeness (QED) is 0.596. The van der Waals surface area contributed by atoms with Crippen LogP contribution in [0, 0.1) is 10.1 Å². The van der Waals surface area contributed by atoms with Crippen LogP contribution in [0.1, 0.15) is 32.8 Å². The fourth-order valence-corrected chi connectivity index (χ4v) is 2.83. The van der Waals surface area contributed by atoms with Crippen LogP contribution in [0.4, 0.5) is 10.5 Å². The lowest BCUT2D eigenvalue weighted by atomic mass is 9.99. The van der Waals surface area contributed by atoms with Crippen molar-refractivity contribution in [3.05, 3.63) is 52.2 Å². The number of nitrogens with zero attached hydrogens (tertiary/aromatic N) is 3. The Bertz CT molecular complexity index is 899. The van der Waals surface area contributed by atoms with E-state index in [1.807, 2.05) is 32.9 Å². The molecule has 136 valence electrons. The van der Waals surface area contributed by atoms with E-state index in [1.54, 1.807) is 17.2 Å². The monoisotopic (exact) mass is 355 g/mol. The van der Waals surface area contributed by atoms with E-state index < -0.39 is 10.5 Å². The third-order valence-electron chi connectivity index (χ3n) is 4.11. The Kier molecular flexibility index (Phi) is 4.63. The summed E-state index contributed by atoms with van der Waals surface area (Å²) in [6.07, 6.45) is 4.11. The summed E-state index contributed by atoms with van der Waals surface area (Å²) in [5, 5.41) is 11.7. The van der Waals surface area contributed by atoms with Gasteiger partial charge in [0, 0.05) is 36.8 Å². The molecule has 0 unspecified atom stereocenters. The SMILES string of the molecule is CC(C)(C)OC(=O)N1CC=C(c2cnc3ccc([N+](=O)[O-])cc3c2)CC1. The van der Waals surface area contributed by atoms with Crippen LogP contribution in [0.25, 0.3) is 16.5 Å². The summed E-state index contributed by atoms with van der Waals surface area (Å²) in [6, 6.07) is 6.54. The van der Waals surface area contributed by atoms with Crippen LogP contribution >= 0.6 is 0 Å². The van der Waals surface area contributed by atoms with Gasteiger partial charge in [-0.15, -0.1) is 0 Å². The number of hydrogen-bond donors (Lipinski definition) is 0. The molecule has 2 heterocycles. The van der Waals surface area contributed by atoms with Crippen LogP contribution in [0.3, 0.4) is 0 Å². The predicted molar refractivity (Wildman–Crippen MR) is 98.8 cm³/mol. The molecule has 1 aromatic carbocycles. The van der Waals surface area contributed by atoms with E-state index in [-0.39, 0.29) is 11.8 Å². The maximum absolute atomic E-state index is 12.1. The number of pyridine rings is 1. The zero-order chi connectivity index (χ0) is 18.9. The maximum atomic E-state index is 12.1. The fourth-order valence-electron chi connectivity index (χ4n) is 2.83. The molecule has 3 rings (SSSR count). The smallest absolute Gasteiger partial charge is 0.410 e. The van der Waals surface area contributed by atoms with Crippen LogP contribution in [0.15, 0.2) is 36.5 Å². The summed E-state index contributed by atoms with van der Waals surface area (Å²) < 4.78 is 5.39. The van der Waals surface area contributed by atoms with Gasteiger partial charge in [0.1, 0.15) is 5.60 Å². The molecule has 0 fully saturated rings. The number of ether oxygens (including phenoxy) is 1. The highest BCUT2D eigenvalue weighted by atomic mass is 16.6. The molecule has 1 aromatic heterocycles. The number of carbonyl (C=O) groups excluding carboxylic acids is 1. The number of carbonyl (C=O) groups is 1. The third-order valence-corrected chi connectivity index (χ3v) is 4.11. The van der Waals surface area contributed by atoms with Crippen molar-refractivity contribution in [3.63, 3.8) is 0 Å². The van der Waals surface area contributed by atoms with Crippen molar-refractivity contribution in [2.45, 2.75) is 32.8 Å². The van der Waals surface area contributed by atoms with Crippen molar-refractivity contribution < 1.29 is 14.5 Å². The minimum atomic E-state index is -0.516. The largest absolute Gasteiger partial charge is 0.444 e. The second kappa shape index (κ2) is 6.74. The first-order valence-electron chi connectivity index (χ1n) is 8.44. The zero-order valence-corrected chi connectivity index (χ0v) is 15.1. The molecular weight excluding hydrogens is 334 g/mol. The van der Waals surface area contributed by atoms with Crippen molar-refractivity contribution in [2.75, 3.05) is 13.1 Å². The van der Waals surface area contributed by atoms with Crippen LogP contribution < -0.4 is 0 Å². The van der Waals surface area contributed by atoms with Gasteiger partial charge in [0.25, 0.3) is 5.69 Å². The molecule has 0 radical (unpaired) electrons. The van der Waals surface area contributed by atoms with Gasteiger partial charge in [0.15, 0.2) is 0 Å². The highest BCUT2D eigenvalue weighted by molar-refractivity contribution is 5.85. The molecule has 7 heteroatoms. The van der Waals surface area contributed by atoms with Crippen molar-refractivity contribution in [1.82, 2.24) is 9.88 Å². The lowest BCUT2D eigenvalue weighted by Crippen LogP contribution is -2.39. The topological polar surface area (TPSA) is 85.6 Å². The Hall–Kier alpha value is -2.96. The highest BCUT2D eigenvalue weighted by Gasteiger charge is 2.24. The number of nitro groups is 1. The number of nitro benzene ring substituents is 1. The van der Waals surface area contributed by atoms with Gasteiger partial charge in [-0.25, -0.2) is 4.79 Å². The first kappa shape index (κ1) is 17.8. The molecule has 0 atom stereocenters. The molecule has 0 aliphatic carbocycles. The first-order chi connectivity index (χ1) is 12.2. The summed E-state index contributed by atoms with van der Waals surface area (Å²) in [5.41, 5.74) is 2.24. The summed E-state index contributed by atoms with van der Waals surface area (Å²) >= 11 is 0. The van der Waals surface area contributed by atoms with Crippen LogP contribution in [0.2, 0.25) is 0 Å². The third kappa shape index (κ3) is 3.99. The van der Waals surface area contributed by atoms with E-state index in [0.717, 1.165) is 16.5 Å². The molecule has 0 saturated carbocycles. The molecule has 1 aliphatic heterocycles. The van der Waals surface area contributed by atoms with E-state index >= 15 is 0 Å². The van der Waals surface area contributed by atoms with E-state index in [4.69, 9.17) is 4.74 Å². The van der Waals surface area contributed by atoms with Gasteiger partial charge in [0.05, 0.1) is 10.4 Å². The van der Waals surface area contributed by atoms with E-state index in [1.165, 1.54) is 12.1 Å². The highest BCUT2D eigenvalue weighted by Crippen LogP contribution is 2.27. The number of rotatable bonds is 2. The fraction of sp³-hybridized carbons (Fsp3) is 0.368. The summed E-state index contributed by atoms with van der Waals surface area (Å²) in [4.78, 5) is 28.7. The molecule has 2 aromatic rings. The lowest BCUT2D eigenvalue weighted by Gasteiger charge is -2.29. The Morgan fingerprint density at radius 3 is 2.69 bits per heavy atom. The van der Waals surface area contributed by atoms with Crippen molar-refractivity contribution in [1.29, 1.82) is 0 Å². The summed E-state index contributed by atoms with van der Waals surface area (Å²) in [7, 11) is 0. The van der Waals surface area contributed by atoms with Gasteiger partial charge in [-0.05, 0) is 50.5 Å². The number of benzene rings is 1. The zero-order valence-electron chi connectivity index (χ0n) is 15.1. The molecule has 1 amide bonds. The summed E-state index contributed by atoms with van der Waals surface area (Å²) in [6.45, 7) is 6.56. The number of fused-ring (bicyclic) bond motifs is 1. The molecular formula is C19H21N3O4. The molecule has 0 bridgehead atoms. The Morgan fingerprint density at radius 2 is 2.08 bits per heavy atom. The second-order valence-corrected chi connectivity index (χ2v) is 7.26. The van der Waals surface area contributed by atoms with Crippen molar-refractivity contribution in [2.24, 2.45) is 0 Å². The van der Waals surface area contributed by atoms with E-state index in [2.05, 4.69) is 4.98 Å². The average molecular weight is 355 g/mol. The van der Waals surface area contributed by atoms with Gasteiger partial charge in [-0.3, -0.25) is 15.1 Å². The molecule has 0 N–H and O–H groups in total. The summed E-state index contributed by atoms with van der Waals surface area (Å²) in [5.74, 6) is 0. The number of non-ortho nitro benzene ring substituents is 1. The number of hydrogen-bond acceptors (Lipinski definition) is 5.